The van der Waals surface area contributed by atoms with E-state index in [-0.39, 0.29) is 83.2 Å². The molecule has 0 spiro atoms. The Bertz CT molecular complexity index is 3280. The second-order valence-corrected chi connectivity index (χ2v) is 27.5. The number of benzene rings is 1. The Morgan fingerprint density at radius 1 is 0.510 bits per heavy atom. The molecular weight excluding hydrogens is 1360 g/mol. The molecule has 16 amide bonds. The molecule has 0 radical (unpaired) electrons. The van der Waals surface area contributed by atoms with E-state index in [0.29, 0.717) is 27.2 Å². The van der Waals surface area contributed by atoms with Crippen LogP contribution in [0, 0.1) is 5.92 Å². The number of primary amides is 2. The molecule has 37 nitrogen and oxygen atoms in total. The summed E-state index contributed by atoms with van der Waals surface area (Å²) in [4.78, 5) is 242. The van der Waals surface area contributed by atoms with Gasteiger partial charge in [-0.05, 0) is 75.5 Å². The SMILES string of the molecule is CCC1NC(=O)[C@H](CC(=O)O)NC(=O)[C@@H]2CSSC[C@H](NC(=O)[C@H]([C@@H](C)CC)NC(=O)[C@@H]3CCCN3C(=O)[C@@H]3CCCN3C(=O)[C@H](Cc3ccc(O)cc3)NC(=O)[C@H](CO)NC1=O)C(=O)N[C@@H](CC(N)=O)C(=O)N1CCC[C@H]1C(=O)N[C@@H](CC(N)=O)C(=O)NCC(=O)N[C@@H]([C@@H](C)O)C(=O)N2. The topological polar surface area (TPSA) is 565 Å². The zero-order valence-corrected chi connectivity index (χ0v) is 57.1. The van der Waals surface area contributed by atoms with E-state index in [0.717, 1.165) is 11.8 Å². The highest BCUT2D eigenvalue weighted by molar-refractivity contribution is 8.76. The lowest BCUT2D eigenvalue weighted by Crippen LogP contribution is -2.62. The van der Waals surface area contributed by atoms with Gasteiger partial charge in [-0.2, -0.15) is 0 Å². The highest BCUT2D eigenvalue weighted by atomic mass is 33.1. The molecule has 0 aromatic heterocycles. The number of hydrogen-bond acceptors (Lipinski definition) is 22. The number of nitrogens with zero attached hydrogens (tertiary/aromatic N) is 3. The second-order valence-electron chi connectivity index (χ2n) is 24.9. The molecule has 1 aromatic carbocycles. The highest BCUT2D eigenvalue weighted by Crippen LogP contribution is 2.29. The van der Waals surface area contributed by atoms with E-state index in [1.54, 1.807) is 13.8 Å². The van der Waals surface area contributed by atoms with Gasteiger partial charge in [0, 0.05) is 37.6 Å². The molecule has 5 saturated heterocycles. The number of carbonyl (C=O) groups excluding carboxylic acids is 16. The first kappa shape index (κ1) is 79.6. The number of phenols is 1. The van der Waals surface area contributed by atoms with Crippen LogP contribution in [-0.2, 0) is 87.9 Å². The quantitative estimate of drug-likeness (QED) is 0.0816. The van der Waals surface area contributed by atoms with Gasteiger partial charge < -0.3 is 105 Å². The van der Waals surface area contributed by atoms with E-state index in [9.17, 15) is 102 Å². The van der Waals surface area contributed by atoms with Crippen LogP contribution in [0.25, 0.3) is 0 Å². The lowest BCUT2D eigenvalue weighted by Gasteiger charge is -2.34. The molecule has 1 unspecified atom stereocenters. The van der Waals surface area contributed by atoms with Crippen LogP contribution in [0.5, 0.6) is 5.75 Å². The number of fused-ring (bicyclic) bond motifs is 8. The van der Waals surface area contributed by atoms with Gasteiger partial charge in [0.15, 0.2) is 0 Å². The largest absolute Gasteiger partial charge is 0.508 e. The van der Waals surface area contributed by atoms with Gasteiger partial charge in [0.25, 0.3) is 0 Å². The zero-order chi connectivity index (χ0) is 73.8. The van der Waals surface area contributed by atoms with Crippen molar-refractivity contribution in [3.8, 4) is 5.75 Å². The summed E-state index contributed by atoms with van der Waals surface area (Å²) >= 11 is 0. The molecule has 15 atom stereocenters. The number of nitrogens with two attached hydrogens (primary N) is 2. The van der Waals surface area contributed by atoms with Crippen molar-refractivity contribution in [3.63, 3.8) is 0 Å². The van der Waals surface area contributed by atoms with Crippen LogP contribution in [0.15, 0.2) is 24.3 Å². The Balaban J connectivity index is 1.47. The van der Waals surface area contributed by atoms with Crippen LogP contribution in [0.3, 0.4) is 0 Å². The van der Waals surface area contributed by atoms with Gasteiger partial charge in [0.05, 0.1) is 38.5 Å². The minimum Gasteiger partial charge on any atom is -0.508 e. The molecule has 5 aliphatic rings. The number of aliphatic hydroxyl groups is 2. The summed E-state index contributed by atoms with van der Waals surface area (Å²) in [7, 11) is 1.40. The number of aliphatic hydroxyl groups excluding tert-OH is 2. The molecule has 19 N–H and O–H groups in total. The number of aliphatic carboxylic acids is 1. The molecule has 0 aliphatic carbocycles. The van der Waals surface area contributed by atoms with Crippen LogP contribution in [-0.4, -0.2) is 265 Å². The van der Waals surface area contributed by atoms with Gasteiger partial charge in [0.2, 0.25) is 94.5 Å². The van der Waals surface area contributed by atoms with Crippen LogP contribution in [0.4, 0.5) is 0 Å². The van der Waals surface area contributed by atoms with E-state index >= 15 is 0 Å². The summed E-state index contributed by atoms with van der Waals surface area (Å²) < 4.78 is 0. The van der Waals surface area contributed by atoms with E-state index in [1.165, 1.54) is 41.0 Å². The summed E-state index contributed by atoms with van der Waals surface area (Å²) in [6.45, 7) is 3.44. The summed E-state index contributed by atoms with van der Waals surface area (Å²) in [5.74, 6) is -21.2. The Hall–Kier alpha value is -9.37. The number of amides is 16. The third kappa shape index (κ3) is 21.8. The number of carbonyl (C=O) groups is 17. The molecule has 5 fully saturated rings. The van der Waals surface area contributed by atoms with Gasteiger partial charge >= 0.3 is 5.97 Å². The first-order valence-electron chi connectivity index (χ1n) is 32.7. The fourth-order valence-corrected chi connectivity index (χ4v) is 14.2. The number of rotatable bonds is 13. The first-order chi connectivity index (χ1) is 47.3. The van der Waals surface area contributed by atoms with Crippen molar-refractivity contribution < 1.29 is 102 Å². The Labute approximate surface area is 581 Å². The fourth-order valence-electron chi connectivity index (χ4n) is 11.9. The van der Waals surface area contributed by atoms with Crippen molar-refractivity contribution in [2.75, 3.05) is 44.3 Å². The van der Waals surface area contributed by atoms with Crippen molar-refractivity contribution in [1.29, 1.82) is 0 Å². The molecule has 6 rings (SSSR count). The number of phenolic OH excluding ortho intramolecular Hbond substituents is 1. The summed E-state index contributed by atoms with van der Waals surface area (Å²) in [6.07, 6.45) is -4.32. The zero-order valence-electron chi connectivity index (χ0n) is 55.4. The summed E-state index contributed by atoms with van der Waals surface area (Å²) in [5.41, 5.74) is 11.5. The van der Waals surface area contributed by atoms with Crippen LogP contribution >= 0.6 is 21.6 Å². The maximum atomic E-state index is 14.9. The molecule has 0 saturated carbocycles. The normalized spacial score (nSPS) is 29.0. The van der Waals surface area contributed by atoms with E-state index in [4.69, 9.17) is 11.5 Å². The van der Waals surface area contributed by atoms with Crippen LogP contribution in [0.1, 0.15) is 104 Å². The van der Waals surface area contributed by atoms with Gasteiger partial charge in [-0.15, -0.1) is 0 Å². The van der Waals surface area contributed by atoms with E-state index in [2.05, 4.69) is 58.5 Å². The Kier molecular flexibility index (Phi) is 29.6. The fraction of sp³-hybridized carbons (Fsp3) is 0.623. The number of nitrogens with one attached hydrogen (secondary N) is 11. The Morgan fingerprint density at radius 3 is 1.48 bits per heavy atom. The number of hydrogen-bond donors (Lipinski definition) is 17. The molecule has 1 aromatic rings. The lowest BCUT2D eigenvalue weighted by molar-refractivity contribution is -0.148. The predicted molar refractivity (Wildman–Crippen MR) is 352 cm³/mol. The highest BCUT2D eigenvalue weighted by Gasteiger charge is 2.47. The first-order valence-corrected chi connectivity index (χ1v) is 35.2. The van der Waals surface area contributed by atoms with Crippen molar-refractivity contribution in [1.82, 2.24) is 73.2 Å². The standard InChI is InChI=1S/C61H88N16O21S2/c1-5-28(3)47-57(94)71-39-27-100-99-26-38(72-58(95)48(29(4)79)73-45(83)24-64-49(86)33(21-43(62)81)67-55(92)40-10-7-17-75(40)60(97)36(22-44(63)82)69-54(39)91)53(90)66-34(23-46(84)85)51(88)65-32(6-2)50(87)70-37(25-78)52(89)68-35(20-30-13-15-31(80)16-14-30)59(96)77-19-9-12-42(77)61(98)76-18-8-11-41(76)56(93)74-47/h13-16,28-29,32-42,47-48,78-80H,5-12,17-27H2,1-4H3,(H2,62,81)(H2,63,82)(H,64,86)(H,65,88)(H,66,90)(H,67,92)(H,68,89)(H,69,91)(H,70,87)(H,71,94)(H,72,95)(H,73,83)(H,74,93)(H,84,85)/t28-,29+,32?,33-,34-,35-,36-,37-,38-,39-,40-,41-,42-,47-,48-/m0/s1. The minimum atomic E-state index is -2.11. The Morgan fingerprint density at radius 2 is 0.950 bits per heavy atom. The molecule has 5 heterocycles. The van der Waals surface area contributed by atoms with Crippen LogP contribution in [0.2, 0.25) is 0 Å². The van der Waals surface area contributed by atoms with E-state index in [1.807, 2.05) is 0 Å². The van der Waals surface area contributed by atoms with Gasteiger partial charge in [-0.1, -0.05) is 60.9 Å². The average molecular weight is 1450 g/mol. The predicted octanol–water partition coefficient (Wildman–Crippen LogP) is -7.66. The number of aromatic hydroxyl groups is 1. The van der Waals surface area contributed by atoms with E-state index < -0.39 is 235 Å². The van der Waals surface area contributed by atoms with Crippen LogP contribution < -0.4 is 70.0 Å². The van der Waals surface area contributed by atoms with Gasteiger partial charge in [-0.25, -0.2) is 0 Å². The molecule has 2 bridgehead atoms. The number of carboxylic acid groups (broad SMARTS) is 1. The van der Waals surface area contributed by atoms with Crippen molar-refractivity contribution >= 4 is 122 Å². The molecular formula is C61H88N16O21S2. The summed E-state index contributed by atoms with van der Waals surface area (Å²) in [5, 5.41) is 67.8. The smallest absolute Gasteiger partial charge is 0.305 e. The maximum absolute atomic E-state index is 14.9. The molecule has 550 valence electrons. The third-order valence-corrected chi connectivity index (χ3v) is 20.0. The second kappa shape index (κ2) is 37.2. The maximum Gasteiger partial charge on any atom is 0.305 e. The molecule has 39 heteroatoms. The number of carboxylic acids is 1. The molecule has 5 aliphatic heterocycles. The summed E-state index contributed by atoms with van der Waals surface area (Å²) in [6, 6.07) is -16.4. The molecule has 100 heavy (non-hydrogen) atoms. The average Bonchev–Trinajstić information content (AvgIpc) is 1.66. The minimum absolute atomic E-state index is 0.0157. The van der Waals surface area contributed by atoms with Gasteiger partial charge in [-0.3, -0.25) is 81.5 Å². The monoisotopic (exact) mass is 1440 g/mol. The van der Waals surface area contributed by atoms with Crippen molar-refractivity contribution in [3.05, 3.63) is 29.8 Å². The lowest BCUT2D eigenvalue weighted by atomic mass is 9.97. The van der Waals surface area contributed by atoms with Gasteiger partial charge in [0.1, 0.15) is 84.3 Å². The third-order valence-electron chi connectivity index (χ3n) is 17.5. The van der Waals surface area contributed by atoms with Crippen molar-refractivity contribution in [2.24, 2.45) is 17.4 Å². The van der Waals surface area contributed by atoms with Crippen molar-refractivity contribution in [2.45, 2.75) is 189 Å².